The van der Waals surface area contributed by atoms with Gasteiger partial charge in [-0.25, -0.2) is 4.98 Å². The van der Waals surface area contributed by atoms with E-state index in [9.17, 15) is 0 Å². The molecular weight excluding hydrogens is 264 g/mol. The minimum Gasteiger partial charge on any atom is -0.379 e. The van der Waals surface area contributed by atoms with Gasteiger partial charge in [0.2, 0.25) is 0 Å². The number of nitrogens with one attached hydrogen (secondary N) is 1. The van der Waals surface area contributed by atoms with Crippen LogP contribution in [0.1, 0.15) is 45.5 Å². The molecule has 1 N–H and O–H groups in total. The van der Waals surface area contributed by atoms with E-state index in [1.807, 2.05) is 12.4 Å². The van der Waals surface area contributed by atoms with Gasteiger partial charge in [-0.1, -0.05) is 13.8 Å². The molecule has 0 aliphatic carbocycles. The highest BCUT2D eigenvalue weighted by Gasteiger charge is 2.41. The van der Waals surface area contributed by atoms with E-state index in [2.05, 4.69) is 47.6 Å². The Hall–Kier alpha value is -0.910. The van der Waals surface area contributed by atoms with Gasteiger partial charge in [-0.05, 0) is 26.3 Å². The van der Waals surface area contributed by atoms with Crippen molar-refractivity contribution in [3.63, 3.8) is 0 Å². The first-order valence-corrected chi connectivity index (χ1v) is 8.16. The molecule has 0 radical (unpaired) electrons. The van der Waals surface area contributed by atoms with Crippen molar-refractivity contribution < 1.29 is 4.74 Å². The van der Waals surface area contributed by atoms with Crippen molar-refractivity contribution in [1.82, 2.24) is 19.8 Å². The average molecular weight is 294 g/mol. The van der Waals surface area contributed by atoms with Crippen molar-refractivity contribution in [2.24, 2.45) is 7.05 Å². The maximum atomic E-state index is 5.53. The van der Waals surface area contributed by atoms with E-state index < -0.39 is 0 Å². The quantitative estimate of drug-likeness (QED) is 0.835. The van der Waals surface area contributed by atoms with Crippen molar-refractivity contribution in [1.29, 1.82) is 0 Å². The Labute approximate surface area is 128 Å². The fourth-order valence-corrected chi connectivity index (χ4v) is 3.22. The van der Waals surface area contributed by atoms with Crippen LogP contribution in [0.25, 0.3) is 0 Å². The van der Waals surface area contributed by atoms with Crippen LogP contribution >= 0.6 is 0 Å². The molecule has 5 nitrogen and oxygen atoms in total. The van der Waals surface area contributed by atoms with Gasteiger partial charge in [0.05, 0.1) is 19.3 Å². The first-order chi connectivity index (χ1) is 10.1. The summed E-state index contributed by atoms with van der Waals surface area (Å²) in [5, 5.41) is 3.74. The Morgan fingerprint density at radius 2 is 2.10 bits per heavy atom. The zero-order chi connectivity index (χ0) is 15.3. The van der Waals surface area contributed by atoms with Crippen LogP contribution in [0.3, 0.4) is 0 Å². The summed E-state index contributed by atoms with van der Waals surface area (Å²) in [4.78, 5) is 7.19. The van der Waals surface area contributed by atoms with E-state index >= 15 is 0 Å². The van der Waals surface area contributed by atoms with Gasteiger partial charge >= 0.3 is 0 Å². The Morgan fingerprint density at radius 1 is 1.38 bits per heavy atom. The first kappa shape index (κ1) is 16.5. The number of aryl methyl sites for hydroxylation is 1. The SMILES string of the molecule is CCCNC(c1nccn1C)C(C)(CC)N1CCOCC1. The Balaban J connectivity index is 2.29. The Kier molecular flexibility index (Phi) is 5.79. The number of aromatic nitrogens is 2. The maximum Gasteiger partial charge on any atom is 0.127 e. The fraction of sp³-hybridized carbons (Fsp3) is 0.812. The molecule has 21 heavy (non-hydrogen) atoms. The molecule has 1 aromatic rings. The van der Waals surface area contributed by atoms with Crippen LogP contribution in [0.4, 0.5) is 0 Å². The predicted octanol–water partition coefficient (Wildman–Crippen LogP) is 1.96. The van der Waals surface area contributed by atoms with E-state index in [1.165, 1.54) is 0 Å². The summed E-state index contributed by atoms with van der Waals surface area (Å²) in [6, 6.07) is 0.237. The average Bonchev–Trinajstić information content (AvgIpc) is 2.94. The molecule has 0 saturated carbocycles. The molecule has 1 saturated heterocycles. The van der Waals surface area contributed by atoms with Crippen LogP contribution in [-0.2, 0) is 11.8 Å². The highest BCUT2D eigenvalue weighted by molar-refractivity contribution is 5.09. The summed E-state index contributed by atoms with van der Waals surface area (Å²) in [6.45, 7) is 11.5. The monoisotopic (exact) mass is 294 g/mol. The van der Waals surface area contributed by atoms with Crippen molar-refractivity contribution in [2.45, 2.75) is 45.2 Å². The zero-order valence-corrected chi connectivity index (χ0v) is 13.9. The van der Waals surface area contributed by atoms with Crippen molar-refractivity contribution in [3.8, 4) is 0 Å². The van der Waals surface area contributed by atoms with Gasteiger partial charge in [0.15, 0.2) is 0 Å². The lowest BCUT2D eigenvalue weighted by atomic mass is 9.85. The van der Waals surface area contributed by atoms with Gasteiger partial charge in [-0.2, -0.15) is 0 Å². The van der Waals surface area contributed by atoms with Gasteiger partial charge < -0.3 is 14.6 Å². The van der Waals surface area contributed by atoms with Crippen molar-refractivity contribution >= 4 is 0 Å². The number of ether oxygens (including phenoxy) is 1. The second-order valence-corrected chi connectivity index (χ2v) is 6.09. The van der Waals surface area contributed by atoms with Crippen LogP contribution in [0.5, 0.6) is 0 Å². The largest absolute Gasteiger partial charge is 0.379 e. The molecule has 2 unspecified atom stereocenters. The van der Waals surface area contributed by atoms with Crippen LogP contribution in [-0.4, -0.2) is 52.8 Å². The second-order valence-electron chi connectivity index (χ2n) is 6.09. The normalized spacial score (nSPS) is 21.1. The minimum atomic E-state index is 0.0536. The summed E-state index contributed by atoms with van der Waals surface area (Å²) in [6.07, 6.45) is 6.14. The van der Waals surface area contributed by atoms with E-state index in [4.69, 9.17) is 4.74 Å². The molecule has 2 heterocycles. The molecule has 1 aliphatic rings. The Bertz CT molecular complexity index is 428. The molecule has 2 atom stereocenters. The van der Waals surface area contributed by atoms with Crippen LogP contribution in [0.2, 0.25) is 0 Å². The molecule has 0 bridgehead atoms. The third-order valence-corrected chi connectivity index (χ3v) is 4.79. The van der Waals surface area contributed by atoms with Gasteiger partial charge in [0, 0.05) is 38.1 Å². The van der Waals surface area contributed by atoms with E-state index in [0.29, 0.717) is 0 Å². The number of nitrogens with zero attached hydrogens (tertiary/aromatic N) is 3. The Morgan fingerprint density at radius 3 is 2.62 bits per heavy atom. The first-order valence-electron chi connectivity index (χ1n) is 8.16. The van der Waals surface area contributed by atoms with Crippen LogP contribution < -0.4 is 5.32 Å². The third-order valence-electron chi connectivity index (χ3n) is 4.79. The summed E-state index contributed by atoms with van der Waals surface area (Å²) in [5.74, 6) is 1.12. The molecule has 2 rings (SSSR count). The highest BCUT2D eigenvalue weighted by Crippen LogP contribution is 2.34. The molecule has 5 heteroatoms. The molecule has 0 spiro atoms. The van der Waals surface area contributed by atoms with E-state index in [0.717, 1.165) is 51.5 Å². The summed E-state index contributed by atoms with van der Waals surface area (Å²) in [7, 11) is 2.08. The predicted molar refractivity (Wildman–Crippen MR) is 85.3 cm³/mol. The van der Waals surface area contributed by atoms with Crippen molar-refractivity contribution in [3.05, 3.63) is 18.2 Å². The summed E-state index contributed by atoms with van der Waals surface area (Å²) >= 11 is 0. The topological polar surface area (TPSA) is 42.3 Å². The summed E-state index contributed by atoms with van der Waals surface area (Å²) in [5.41, 5.74) is 0.0536. The maximum absolute atomic E-state index is 5.53. The zero-order valence-electron chi connectivity index (χ0n) is 13.9. The number of hydrogen-bond acceptors (Lipinski definition) is 4. The van der Waals surface area contributed by atoms with E-state index in [1.54, 1.807) is 0 Å². The lowest BCUT2D eigenvalue weighted by Gasteiger charge is -2.47. The van der Waals surface area contributed by atoms with Gasteiger partial charge in [0.1, 0.15) is 5.82 Å². The number of morpholine rings is 1. The minimum absolute atomic E-state index is 0.0536. The van der Waals surface area contributed by atoms with Gasteiger partial charge in [-0.15, -0.1) is 0 Å². The van der Waals surface area contributed by atoms with Gasteiger partial charge in [-0.3, -0.25) is 4.90 Å². The number of imidazole rings is 1. The van der Waals surface area contributed by atoms with Crippen molar-refractivity contribution in [2.75, 3.05) is 32.8 Å². The summed E-state index contributed by atoms with van der Waals surface area (Å²) < 4.78 is 7.67. The molecule has 1 fully saturated rings. The second kappa shape index (κ2) is 7.38. The molecular formula is C16H30N4O. The number of rotatable bonds is 7. The lowest BCUT2D eigenvalue weighted by molar-refractivity contribution is -0.0343. The molecule has 1 aliphatic heterocycles. The smallest absolute Gasteiger partial charge is 0.127 e. The highest BCUT2D eigenvalue weighted by atomic mass is 16.5. The molecule has 120 valence electrons. The standard InChI is InChI=1S/C16H30N4O/c1-5-7-17-14(15-18-8-9-19(15)4)16(3,6-2)20-10-12-21-13-11-20/h8-9,14,17H,5-7,10-13H2,1-4H3. The molecule has 0 amide bonds. The number of hydrogen-bond donors (Lipinski definition) is 1. The fourth-order valence-electron chi connectivity index (χ4n) is 3.22. The van der Waals surface area contributed by atoms with Crippen LogP contribution in [0, 0.1) is 0 Å². The molecule has 1 aromatic heterocycles. The molecule has 0 aromatic carbocycles. The van der Waals surface area contributed by atoms with Gasteiger partial charge in [0.25, 0.3) is 0 Å². The van der Waals surface area contributed by atoms with Crippen LogP contribution in [0.15, 0.2) is 12.4 Å². The lowest BCUT2D eigenvalue weighted by Crippen LogP contribution is -2.58. The van der Waals surface area contributed by atoms with E-state index in [-0.39, 0.29) is 11.6 Å². The third kappa shape index (κ3) is 3.47.